The summed E-state index contributed by atoms with van der Waals surface area (Å²) < 4.78 is 4.99. The van der Waals surface area contributed by atoms with E-state index in [2.05, 4.69) is 9.99 Å². The van der Waals surface area contributed by atoms with Crippen molar-refractivity contribution >= 4 is 35.5 Å². The third-order valence-corrected chi connectivity index (χ3v) is 4.70. The second kappa shape index (κ2) is 10.5. The van der Waals surface area contributed by atoms with E-state index < -0.39 is 5.97 Å². The summed E-state index contributed by atoms with van der Waals surface area (Å²) in [6.45, 7) is 7.01. The Bertz CT molecular complexity index is 884. The average Bonchev–Trinajstić information content (AvgIpc) is 2.68. The van der Waals surface area contributed by atoms with Crippen LogP contribution in [0.25, 0.3) is 6.08 Å². The molecule has 0 aliphatic heterocycles. The topological polar surface area (TPSA) is 65.0 Å². The molecular weight excluding hydrogens is 374 g/mol. The van der Waals surface area contributed by atoms with E-state index in [0.29, 0.717) is 17.9 Å². The van der Waals surface area contributed by atoms with Crippen LogP contribution in [0.15, 0.2) is 69.1 Å². The zero-order valence-electron chi connectivity index (χ0n) is 16.4. The molecule has 0 atom stereocenters. The van der Waals surface area contributed by atoms with Crippen LogP contribution in [0, 0.1) is 0 Å². The monoisotopic (exact) mass is 397 g/mol. The van der Waals surface area contributed by atoms with Crippen LogP contribution < -0.4 is 0 Å². The number of ether oxygens (including phenoxy) is 1. The number of hydrogen-bond acceptors (Lipinski definition) is 6. The van der Waals surface area contributed by atoms with Gasteiger partial charge in [-0.15, -0.1) is 0 Å². The average molecular weight is 397 g/mol. The number of hydrogen-bond donors (Lipinski definition) is 0. The smallest absolute Gasteiger partial charge is 0.333 e. The molecule has 0 heterocycles. The fourth-order valence-electron chi connectivity index (χ4n) is 2.27. The summed E-state index contributed by atoms with van der Waals surface area (Å²) in [5.74, 6) is -0.740. The molecule has 0 amide bonds. The Labute approximate surface area is 169 Å². The molecule has 5 nitrogen and oxygen atoms in total. The van der Waals surface area contributed by atoms with Crippen LogP contribution >= 0.6 is 11.8 Å². The number of esters is 1. The van der Waals surface area contributed by atoms with Crippen LogP contribution in [-0.4, -0.2) is 24.3 Å². The van der Waals surface area contributed by atoms with Gasteiger partial charge in [0.05, 0.1) is 12.3 Å². The maximum absolute atomic E-state index is 11.7. The molecule has 2 aromatic rings. The van der Waals surface area contributed by atoms with Gasteiger partial charge in [-0.05, 0) is 62.2 Å². The maximum Gasteiger partial charge on any atom is 0.333 e. The summed E-state index contributed by atoms with van der Waals surface area (Å²) in [5, 5.41) is 3.79. The van der Waals surface area contributed by atoms with Gasteiger partial charge in [-0.25, -0.2) is 9.59 Å². The van der Waals surface area contributed by atoms with E-state index >= 15 is 0 Å². The summed E-state index contributed by atoms with van der Waals surface area (Å²) in [7, 11) is 0. The molecule has 2 rings (SSSR count). The molecule has 0 unspecified atom stereocenters. The van der Waals surface area contributed by atoms with Crippen LogP contribution in [0.5, 0.6) is 0 Å². The Morgan fingerprint density at radius 2 is 1.54 bits per heavy atom. The summed E-state index contributed by atoms with van der Waals surface area (Å²) in [4.78, 5) is 29.3. The van der Waals surface area contributed by atoms with E-state index in [-0.39, 0.29) is 5.97 Å². The van der Waals surface area contributed by atoms with Crippen molar-refractivity contribution in [2.24, 2.45) is 5.16 Å². The van der Waals surface area contributed by atoms with E-state index in [0.717, 1.165) is 20.9 Å². The Hall–Kier alpha value is -2.86. The normalized spacial score (nSPS) is 11.9. The largest absolute Gasteiger partial charge is 0.463 e. The van der Waals surface area contributed by atoms with Crippen molar-refractivity contribution < 1.29 is 19.2 Å². The van der Waals surface area contributed by atoms with Crippen molar-refractivity contribution in [3.8, 4) is 0 Å². The molecule has 0 spiro atoms. The highest BCUT2D eigenvalue weighted by molar-refractivity contribution is 7.99. The minimum Gasteiger partial charge on any atom is -0.463 e. The van der Waals surface area contributed by atoms with Crippen molar-refractivity contribution in [2.45, 2.75) is 37.5 Å². The molecule has 28 heavy (non-hydrogen) atoms. The molecular formula is C22H23NO4S. The van der Waals surface area contributed by atoms with E-state index in [1.807, 2.05) is 54.6 Å². The van der Waals surface area contributed by atoms with E-state index in [1.54, 1.807) is 32.5 Å². The van der Waals surface area contributed by atoms with Gasteiger partial charge in [0.25, 0.3) is 0 Å². The first-order valence-electron chi connectivity index (χ1n) is 8.85. The number of carbonyl (C=O) groups is 2. The van der Waals surface area contributed by atoms with Gasteiger partial charge < -0.3 is 9.57 Å². The van der Waals surface area contributed by atoms with Crippen LogP contribution in [0.4, 0.5) is 0 Å². The zero-order chi connectivity index (χ0) is 20.5. The first-order chi connectivity index (χ1) is 13.4. The summed E-state index contributed by atoms with van der Waals surface area (Å²) in [6, 6.07) is 15.8. The van der Waals surface area contributed by atoms with Gasteiger partial charge in [-0.3, -0.25) is 0 Å². The van der Waals surface area contributed by atoms with Crippen molar-refractivity contribution in [3.05, 3.63) is 65.2 Å². The van der Waals surface area contributed by atoms with Crippen LogP contribution in [0.2, 0.25) is 0 Å². The lowest BCUT2D eigenvalue weighted by Gasteiger charge is -2.05. The first kappa shape index (κ1) is 21.4. The minimum absolute atomic E-state index is 0.298. The number of rotatable bonds is 7. The Balaban J connectivity index is 2.02. The van der Waals surface area contributed by atoms with Crippen molar-refractivity contribution in [1.29, 1.82) is 0 Å². The Kier molecular flexibility index (Phi) is 8.02. The fraction of sp³-hybridized carbons (Fsp3) is 0.227. The molecule has 0 aliphatic rings. The molecule has 0 radical (unpaired) electrons. The van der Waals surface area contributed by atoms with Gasteiger partial charge in [0.1, 0.15) is 0 Å². The number of oxime groups is 1. The lowest BCUT2D eigenvalue weighted by molar-refractivity contribution is -0.141. The van der Waals surface area contributed by atoms with Gasteiger partial charge in [0.2, 0.25) is 0 Å². The van der Waals surface area contributed by atoms with E-state index in [9.17, 15) is 9.59 Å². The van der Waals surface area contributed by atoms with Gasteiger partial charge >= 0.3 is 11.9 Å². The molecule has 0 bridgehead atoms. The van der Waals surface area contributed by atoms with Crippen LogP contribution in [0.3, 0.4) is 0 Å². The summed E-state index contributed by atoms with van der Waals surface area (Å²) >= 11 is 1.63. The standard InChI is InChI=1S/C22H23NO4S/c1-5-26-22(25)15(2)14-18-6-10-20(11-7-18)28-21-12-8-19(9-13-21)16(3)23-27-17(4)24/h6-14H,5H2,1-4H3/b15-14+,23-16+. The molecule has 0 saturated carbocycles. The molecule has 6 heteroatoms. The lowest BCUT2D eigenvalue weighted by Crippen LogP contribution is -2.04. The van der Waals surface area contributed by atoms with Crippen molar-refractivity contribution in [1.82, 2.24) is 0 Å². The molecule has 0 aliphatic carbocycles. The fourth-order valence-corrected chi connectivity index (χ4v) is 3.09. The highest BCUT2D eigenvalue weighted by Gasteiger charge is 2.05. The molecule has 0 saturated heterocycles. The SMILES string of the molecule is CCOC(=O)/C(C)=C/c1ccc(Sc2ccc(/C(C)=N/OC(C)=O)cc2)cc1. The highest BCUT2D eigenvalue weighted by atomic mass is 32.2. The van der Waals surface area contributed by atoms with Crippen LogP contribution in [-0.2, 0) is 19.2 Å². The van der Waals surface area contributed by atoms with E-state index in [1.165, 1.54) is 6.92 Å². The molecule has 146 valence electrons. The zero-order valence-corrected chi connectivity index (χ0v) is 17.2. The van der Waals surface area contributed by atoms with Crippen LogP contribution in [0.1, 0.15) is 38.8 Å². The highest BCUT2D eigenvalue weighted by Crippen LogP contribution is 2.28. The quantitative estimate of drug-likeness (QED) is 0.214. The first-order valence-corrected chi connectivity index (χ1v) is 9.66. The van der Waals surface area contributed by atoms with Gasteiger partial charge in [-0.1, -0.05) is 41.2 Å². The number of nitrogens with zero attached hydrogens (tertiary/aromatic N) is 1. The maximum atomic E-state index is 11.7. The minimum atomic E-state index is -0.442. The Morgan fingerprint density at radius 3 is 2.07 bits per heavy atom. The Morgan fingerprint density at radius 1 is 0.964 bits per heavy atom. The van der Waals surface area contributed by atoms with Crippen molar-refractivity contribution in [3.63, 3.8) is 0 Å². The van der Waals surface area contributed by atoms with E-state index in [4.69, 9.17) is 4.74 Å². The second-order valence-electron chi connectivity index (χ2n) is 6.00. The third kappa shape index (κ3) is 6.70. The summed E-state index contributed by atoms with van der Waals surface area (Å²) in [5.41, 5.74) is 3.05. The third-order valence-electron chi connectivity index (χ3n) is 3.68. The van der Waals surface area contributed by atoms with Crippen molar-refractivity contribution in [2.75, 3.05) is 6.61 Å². The second-order valence-corrected chi connectivity index (χ2v) is 7.15. The van der Waals surface area contributed by atoms with Gasteiger partial charge in [-0.2, -0.15) is 0 Å². The molecule has 0 fully saturated rings. The number of benzene rings is 2. The van der Waals surface area contributed by atoms with Gasteiger partial charge in [0, 0.05) is 22.3 Å². The molecule has 2 aromatic carbocycles. The predicted molar refractivity (Wildman–Crippen MR) is 111 cm³/mol. The predicted octanol–water partition coefficient (Wildman–Crippen LogP) is 5.09. The van der Waals surface area contributed by atoms with Gasteiger partial charge in [0.15, 0.2) is 0 Å². The molecule has 0 aromatic heterocycles. The summed E-state index contributed by atoms with van der Waals surface area (Å²) in [6.07, 6.45) is 1.81. The number of carbonyl (C=O) groups excluding carboxylic acids is 2. The lowest BCUT2D eigenvalue weighted by atomic mass is 10.1. The molecule has 0 N–H and O–H groups in total.